The number of hydrogen-bond donors (Lipinski definition) is 0. The van der Waals surface area contributed by atoms with E-state index in [2.05, 4.69) is 246 Å². The van der Waals surface area contributed by atoms with Gasteiger partial charge in [-0.05, 0) is 134 Å². The first-order chi connectivity index (χ1) is 37.3. The van der Waals surface area contributed by atoms with E-state index < -0.39 is 0 Å². The molecule has 0 saturated carbocycles. The molecule has 0 spiro atoms. The molecule has 8 aromatic rings. The monoisotopic (exact) mass is 1010 g/mol. The van der Waals surface area contributed by atoms with Crippen LogP contribution in [0.5, 0.6) is 0 Å². The van der Waals surface area contributed by atoms with Crippen LogP contribution in [0, 0.1) is 0 Å². The summed E-state index contributed by atoms with van der Waals surface area (Å²) in [5.74, 6) is 3.00. The lowest BCUT2D eigenvalue weighted by molar-refractivity contribution is -0.0658. The van der Waals surface area contributed by atoms with Gasteiger partial charge in [0.05, 0.1) is 39.1 Å². The molecule has 4 heteroatoms. The second kappa shape index (κ2) is 28.1. The van der Waals surface area contributed by atoms with Crippen LogP contribution >= 0.6 is 0 Å². The first-order valence-electron chi connectivity index (χ1n) is 28.2. The van der Waals surface area contributed by atoms with E-state index in [0.29, 0.717) is 68.5 Å². The lowest BCUT2D eigenvalue weighted by Gasteiger charge is -2.29. The standard InChI is InChI=1S/C72H80O4/c1-53(59-21-9-5-10-22-59)43-67(63-25-13-7-14-26-63)45-55(3)61-37-33-57(34-38-61)49-73-41-42-76-72-48-66-30-17-19-31-70(66)69(47-65-29-18-20-32-71(65)72)51-75-52-74-50-58-35-39-62(40-36-58)56(4)46-68(64-27-15-8-16-28-64)44-54(2)60-23-11-6-12-24-60/h5-40,53-56,67-69,72H,41-52H2,1-4H3. The van der Waals surface area contributed by atoms with Crippen molar-refractivity contribution in [3.05, 3.63) is 285 Å². The van der Waals surface area contributed by atoms with Crippen LogP contribution in [0.15, 0.2) is 218 Å². The molecule has 0 saturated heterocycles. The van der Waals surface area contributed by atoms with Crippen LogP contribution in [0.1, 0.15) is 168 Å². The van der Waals surface area contributed by atoms with E-state index in [1.807, 2.05) is 0 Å². The Bertz CT molecular complexity index is 2700. The zero-order chi connectivity index (χ0) is 52.3. The maximum Gasteiger partial charge on any atom is 0.147 e. The molecule has 1 aliphatic carbocycles. The Morgan fingerprint density at radius 1 is 0.355 bits per heavy atom. The summed E-state index contributed by atoms with van der Waals surface area (Å²) in [4.78, 5) is 0. The Kier molecular flexibility index (Phi) is 20.1. The van der Waals surface area contributed by atoms with Crippen molar-refractivity contribution in [2.45, 2.75) is 127 Å². The SMILES string of the molecule is CC(CC(CC(C)c1ccc(COCCOC2Cc3ccccc3C(COCOCc3ccc(C(C)CC(CC(C)c4ccccc4)c4ccccc4)cc3)Cc3ccccc32)cc1)c1ccccc1)c1ccccc1. The zero-order valence-electron chi connectivity index (χ0n) is 45.5. The highest BCUT2D eigenvalue weighted by molar-refractivity contribution is 5.40. The van der Waals surface area contributed by atoms with Crippen molar-refractivity contribution < 1.29 is 18.9 Å². The van der Waals surface area contributed by atoms with Crippen molar-refractivity contribution in [1.82, 2.24) is 0 Å². The average Bonchev–Trinajstić information content (AvgIpc) is 3.47. The lowest BCUT2D eigenvalue weighted by atomic mass is 9.79. The molecule has 1 aliphatic rings. The van der Waals surface area contributed by atoms with Gasteiger partial charge in [-0.15, -0.1) is 0 Å². The second-order valence-electron chi connectivity index (χ2n) is 21.8. The molecule has 8 aromatic carbocycles. The minimum absolute atomic E-state index is 0.0645. The molecule has 4 nitrogen and oxygen atoms in total. The Hall–Kier alpha value is -6.40. The quantitative estimate of drug-likeness (QED) is 0.0400. The van der Waals surface area contributed by atoms with Crippen LogP contribution in [0.25, 0.3) is 0 Å². The molecule has 0 bridgehead atoms. The molecule has 8 unspecified atom stereocenters. The molecular formula is C72H80O4. The van der Waals surface area contributed by atoms with Crippen molar-refractivity contribution in [3.8, 4) is 0 Å². The van der Waals surface area contributed by atoms with Crippen LogP contribution in [-0.4, -0.2) is 26.6 Å². The maximum atomic E-state index is 6.72. The van der Waals surface area contributed by atoms with Crippen LogP contribution in [-0.2, 0) is 45.0 Å². The predicted molar refractivity (Wildman–Crippen MR) is 313 cm³/mol. The topological polar surface area (TPSA) is 36.9 Å². The fourth-order valence-corrected chi connectivity index (χ4v) is 11.9. The highest BCUT2D eigenvalue weighted by atomic mass is 16.7. The fraction of sp³-hybridized carbons (Fsp3) is 0.333. The van der Waals surface area contributed by atoms with Gasteiger partial charge in [0.15, 0.2) is 0 Å². The Morgan fingerprint density at radius 2 is 0.737 bits per heavy atom. The van der Waals surface area contributed by atoms with Gasteiger partial charge in [0.2, 0.25) is 0 Å². The summed E-state index contributed by atoms with van der Waals surface area (Å²) in [7, 11) is 0. The zero-order valence-corrected chi connectivity index (χ0v) is 45.5. The lowest BCUT2D eigenvalue weighted by Crippen LogP contribution is -2.21. The van der Waals surface area contributed by atoms with Gasteiger partial charge in [0, 0.05) is 12.3 Å². The van der Waals surface area contributed by atoms with Crippen molar-refractivity contribution >= 4 is 0 Å². The van der Waals surface area contributed by atoms with E-state index in [-0.39, 0.29) is 18.8 Å². The summed E-state index contributed by atoms with van der Waals surface area (Å²) in [6, 6.07) is 79.8. The van der Waals surface area contributed by atoms with E-state index in [9.17, 15) is 0 Å². The first-order valence-corrected chi connectivity index (χ1v) is 28.2. The molecule has 0 amide bonds. The van der Waals surface area contributed by atoms with Crippen molar-refractivity contribution in [3.63, 3.8) is 0 Å². The molecule has 8 atom stereocenters. The Labute approximate surface area is 455 Å². The van der Waals surface area contributed by atoms with Gasteiger partial charge in [-0.3, -0.25) is 0 Å². The van der Waals surface area contributed by atoms with E-state index in [4.69, 9.17) is 18.9 Å². The summed E-state index contributed by atoms with van der Waals surface area (Å²) in [6.07, 6.45) is 6.06. The Balaban J connectivity index is 0.727. The molecule has 392 valence electrons. The molecular weight excluding hydrogens is 929 g/mol. The third kappa shape index (κ3) is 15.4. The minimum Gasteiger partial charge on any atom is -0.374 e. The van der Waals surface area contributed by atoms with Gasteiger partial charge in [-0.2, -0.15) is 0 Å². The fourth-order valence-electron chi connectivity index (χ4n) is 11.9. The van der Waals surface area contributed by atoms with E-state index in [1.165, 1.54) is 61.2 Å². The van der Waals surface area contributed by atoms with Gasteiger partial charge in [0.25, 0.3) is 0 Å². The van der Waals surface area contributed by atoms with Crippen LogP contribution in [0.2, 0.25) is 0 Å². The molecule has 0 aliphatic heterocycles. The van der Waals surface area contributed by atoms with Gasteiger partial charge >= 0.3 is 0 Å². The molecule has 76 heavy (non-hydrogen) atoms. The largest absolute Gasteiger partial charge is 0.374 e. The summed E-state index contributed by atoms with van der Waals surface area (Å²) < 4.78 is 25.5. The number of ether oxygens (including phenoxy) is 4. The number of rotatable bonds is 26. The highest BCUT2D eigenvalue weighted by Gasteiger charge is 2.27. The second-order valence-corrected chi connectivity index (χ2v) is 21.8. The minimum atomic E-state index is -0.0645. The number of hydrogen-bond acceptors (Lipinski definition) is 4. The third-order valence-electron chi connectivity index (χ3n) is 16.3. The molecule has 0 radical (unpaired) electrons. The average molecular weight is 1010 g/mol. The van der Waals surface area contributed by atoms with Crippen LogP contribution in [0.4, 0.5) is 0 Å². The van der Waals surface area contributed by atoms with Crippen LogP contribution < -0.4 is 0 Å². The van der Waals surface area contributed by atoms with E-state index in [1.54, 1.807) is 0 Å². The van der Waals surface area contributed by atoms with Crippen LogP contribution in [0.3, 0.4) is 0 Å². The predicted octanol–water partition coefficient (Wildman–Crippen LogP) is 18.0. The number of benzene rings is 8. The van der Waals surface area contributed by atoms with Crippen molar-refractivity contribution in [2.24, 2.45) is 0 Å². The normalized spacial score (nSPS) is 16.7. The van der Waals surface area contributed by atoms with Crippen molar-refractivity contribution in [2.75, 3.05) is 26.6 Å². The maximum absolute atomic E-state index is 6.72. The molecule has 0 fully saturated rings. The molecule has 0 N–H and O–H groups in total. The van der Waals surface area contributed by atoms with Crippen molar-refractivity contribution in [1.29, 1.82) is 0 Å². The van der Waals surface area contributed by atoms with E-state index >= 15 is 0 Å². The number of fused-ring (bicyclic) bond motifs is 2. The Morgan fingerprint density at radius 3 is 1.21 bits per heavy atom. The first kappa shape index (κ1) is 54.4. The highest BCUT2D eigenvalue weighted by Crippen LogP contribution is 2.40. The summed E-state index contributed by atoms with van der Waals surface area (Å²) >= 11 is 0. The summed E-state index contributed by atoms with van der Waals surface area (Å²) in [5.41, 5.74) is 16.0. The summed E-state index contributed by atoms with van der Waals surface area (Å²) in [5, 5.41) is 0. The summed E-state index contributed by atoms with van der Waals surface area (Å²) in [6.45, 7) is 12.4. The molecule has 0 aromatic heterocycles. The molecule has 9 rings (SSSR count). The van der Waals surface area contributed by atoms with E-state index in [0.717, 1.165) is 44.1 Å². The molecule has 0 heterocycles. The van der Waals surface area contributed by atoms with Gasteiger partial charge in [-0.25, -0.2) is 0 Å². The van der Waals surface area contributed by atoms with Gasteiger partial charge in [0.1, 0.15) is 6.79 Å². The van der Waals surface area contributed by atoms with Gasteiger partial charge in [-0.1, -0.05) is 246 Å². The smallest absolute Gasteiger partial charge is 0.147 e. The van der Waals surface area contributed by atoms with Gasteiger partial charge < -0.3 is 18.9 Å². The third-order valence-corrected chi connectivity index (χ3v) is 16.3.